The first kappa shape index (κ1) is 25.8. The number of nitrogens with zero attached hydrogens (tertiary/aromatic N) is 1. The maximum absolute atomic E-state index is 12.8. The van der Waals surface area contributed by atoms with Crippen molar-refractivity contribution >= 4 is 17.6 Å². The molecule has 0 radical (unpaired) electrons. The largest absolute Gasteiger partial charge is 0.463 e. The number of alkyl halides is 3. The lowest BCUT2D eigenvalue weighted by atomic mass is 10.0. The van der Waals surface area contributed by atoms with Crippen LogP contribution in [0, 0.1) is 10.1 Å². The van der Waals surface area contributed by atoms with Crippen molar-refractivity contribution in [3.8, 4) is 0 Å². The molecule has 0 bridgehead atoms. The molecule has 0 aliphatic carbocycles. The third kappa shape index (κ3) is 8.53. The first-order valence-corrected chi connectivity index (χ1v) is 9.93. The van der Waals surface area contributed by atoms with Crippen molar-refractivity contribution in [3.63, 3.8) is 0 Å². The van der Waals surface area contributed by atoms with Gasteiger partial charge in [-0.15, -0.1) is 0 Å². The average Bonchev–Trinajstić information content (AvgIpc) is 2.72. The van der Waals surface area contributed by atoms with Crippen LogP contribution in [0.4, 0.5) is 18.9 Å². The minimum absolute atomic E-state index is 0.133. The van der Waals surface area contributed by atoms with E-state index in [4.69, 9.17) is 4.74 Å². The Labute approximate surface area is 187 Å². The number of amides is 1. The van der Waals surface area contributed by atoms with E-state index in [2.05, 4.69) is 10.1 Å². The van der Waals surface area contributed by atoms with Gasteiger partial charge in [0.2, 0.25) is 0 Å². The number of hydrogen-bond donors (Lipinski definition) is 1. The van der Waals surface area contributed by atoms with E-state index in [1.165, 1.54) is 42.5 Å². The number of rotatable bonds is 10. The summed E-state index contributed by atoms with van der Waals surface area (Å²) in [6, 6.07) is 10.3. The number of ether oxygens (including phenoxy) is 2. The van der Waals surface area contributed by atoms with Gasteiger partial charge in [-0.05, 0) is 31.5 Å². The molecule has 2 aromatic carbocycles. The molecule has 33 heavy (non-hydrogen) atoms. The van der Waals surface area contributed by atoms with Crippen molar-refractivity contribution in [3.05, 3.63) is 75.3 Å². The fraction of sp³-hybridized carbons (Fsp3) is 0.364. The molecule has 0 heterocycles. The van der Waals surface area contributed by atoms with Crippen LogP contribution in [-0.4, -0.2) is 35.7 Å². The van der Waals surface area contributed by atoms with E-state index in [1.54, 1.807) is 19.9 Å². The highest BCUT2D eigenvalue weighted by atomic mass is 19.4. The Balaban J connectivity index is 2.17. The lowest BCUT2D eigenvalue weighted by Crippen LogP contribution is -2.31. The number of nitro benzene ring substituents is 1. The molecule has 0 aliphatic rings. The van der Waals surface area contributed by atoms with Gasteiger partial charge in [0.05, 0.1) is 35.7 Å². The smallest absolute Gasteiger partial charge is 0.411 e. The summed E-state index contributed by atoms with van der Waals surface area (Å²) in [7, 11) is 0. The van der Waals surface area contributed by atoms with Gasteiger partial charge in [0, 0.05) is 11.6 Å². The van der Waals surface area contributed by atoms with E-state index in [9.17, 15) is 32.9 Å². The number of nitrogens with one attached hydrogen (secondary N) is 1. The second-order valence-corrected chi connectivity index (χ2v) is 7.39. The average molecular weight is 468 g/mol. The van der Waals surface area contributed by atoms with E-state index in [0.717, 1.165) is 0 Å². The van der Waals surface area contributed by atoms with Gasteiger partial charge in [-0.1, -0.05) is 30.3 Å². The Morgan fingerprint density at radius 3 is 2.30 bits per heavy atom. The first-order chi connectivity index (χ1) is 15.5. The van der Waals surface area contributed by atoms with Crippen molar-refractivity contribution in [1.82, 2.24) is 5.32 Å². The fourth-order valence-electron chi connectivity index (χ4n) is 2.94. The molecular formula is C22H23F3N2O6. The molecule has 2 rings (SSSR count). The Morgan fingerprint density at radius 2 is 1.73 bits per heavy atom. The summed E-state index contributed by atoms with van der Waals surface area (Å²) in [6.07, 6.45) is -5.18. The van der Waals surface area contributed by atoms with Gasteiger partial charge in [0.15, 0.2) is 0 Å². The summed E-state index contributed by atoms with van der Waals surface area (Å²) < 4.78 is 46.2. The predicted molar refractivity (Wildman–Crippen MR) is 111 cm³/mol. The van der Waals surface area contributed by atoms with Gasteiger partial charge in [-0.25, -0.2) is 0 Å². The fourth-order valence-corrected chi connectivity index (χ4v) is 2.94. The third-order valence-corrected chi connectivity index (χ3v) is 4.30. The van der Waals surface area contributed by atoms with Gasteiger partial charge in [0.25, 0.3) is 11.6 Å². The lowest BCUT2D eigenvalue weighted by Gasteiger charge is -2.19. The monoisotopic (exact) mass is 468 g/mol. The molecule has 8 nitrogen and oxygen atoms in total. The number of para-hydroxylation sites is 1. The number of halogens is 3. The number of esters is 1. The Hall–Kier alpha value is -3.47. The summed E-state index contributed by atoms with van der Waals surface area (Å²) in [4.78, 5) is 35.8. The summed E-state index contributed by atoms with van der Waals surface area (Å²) in [5.41, 5.74) is 0.438. The second-order valence-electron chi connectivity index (χ2n) is 7.39. The van der Waals surface area contributed by atoms with Gasteiger partial charge in [-0.2, -0.15) is 13.2 Å². The van der Waals surface area contributed by atoms with Crippen LogP contribution in [0.1, 0.15) is 47.8 Å². The molecule has 1 N–H and O–H groups in total. The van der Waals surface area contributed by atoms with Crippen LogP contribution < -0.4 is 5.32 Å². The molecule has 11 heteroatoms. The molecule has 1 unspecified atom stereocenters. The Bertz CT molecular complexity index is 977. The van der Waals surface area contributed by atoms with Crippen molar-refractivity contribution in [1.29, 1.82) is 0 Å². The normalized spacial score (nSPS) is 12.3. The van der Waals surface area contributed by atoms with Crippen LogP contribution in [0.25, 0.3) is 0 Å². The molecule has 1 atom stereocenters. The molecule has 0 spiro atoms. The molecule has 0 aromatic heterocycles. The minimum atomic E-state index is -4.44. The van der Waals surface area contributed by atoms with Crippen molar-refractivity contribution in [2.45, 2.75) is 45.2 Å². The van der Waals surface area contributed by atoms with Gasteiger partial charge < -0.3 is 14.8 Å². The van der Waals surface area contributed by atoms with Crippen LogP contribution in [0.15, 0.2) is 48.5 Å². The topological polar surface area (TPSA) is 108 Å². The van der Waals surface area contributed by atoms with E-state index >= 15 is 0 Å². The van der Waals surface area contributed by atoms with E-state index < -0.39 is 41.7 Å². The lowest BCUT2D eigenvalue weighted by molar-refractivity contribution is -0.385. The maximum atomic E-state index is 12.8. The maximum Gasteiger partial charge on any atom is 0.411 e. The number of benzene rings is 2. The molecule has 0 saturated carbocycles. The minimum Gasteiger partial charge on any atom is -0.463 e. The number of carbonyl (C=O) groups is 2. The zero-order valence-corrected chi connectivity index (χ0v) is 17.9. The van der Waals surface area contributed by atoms with Crippen LogP contribution in [0.5, 0.6) is 0 Å². The molecule has 0 fully saturated rings. The number of carbonyl (C=O) groups excluding carboxylic acids is 2. The van der Waals surface area contributed by atoms with E-state index in [-0.39, 0.29) is 29.8 Å². The van der Waals surface area contributed by atoms with Gasteiger partial charge in [-0.3, -0.25) is 19.7 Å². The Morgan fingerprint density at radius 1 is 1.09 bits per heavy atom. The van der Waals surface area contributed by atoms with Crippen LogP contribution in [-0.2, 0) is 20.9 Å². The first-order valence-electron chi connectivity index (χ1n) is 9.93. The molecule has 178 valence electrons. The van der Waals surface area contributed by atoms with Crippen molar-refractivity contribution in [2.75, 3.05) is 6.61 Å². The quantitative estimate of drug-likeness (QED) is 0.313. The van der Waals surface area contributed by atoms with E-state index in [1.807, 2.05) is 0 Å². The highest BCUT2D eigenvalue weighted by Crippen LogP contribution is 2.28. The molecule has 0 saturated heterocycles. The molecule has 0 aliphatic heterocycles. The standard InChI is InChI=1S/C22H23F3N2O6/c1-14(2)33-20(28)11-18(17-5-3-4-6-19(17)27(30)31)26-21(29)16-9-7-15(8-10-16)12-32-13-22(23,24)25/h3-10,14,18H,11-13H2,1-2H3,(H,26,29). The summed E-state index contributed by atoms with van der Waals surface area (Å²) in [5.74, 6) is -1.27. The highest BCUT2D eigenvalue weighted by molar-refractivity contribution is 5.94. The second kappa shape index (κ2) is 11.4. The number of hydrogen-bond acceptors (Lipinski definition) is 6. The van der Waals surface area contributed by atoms with Crippen LogP contribution in [0.2, 0.25) is 0 Å². The summed E-state index contributed by atoms with van der Waals surface area (Å²) in [5, 5.41) is 14.0. The van der Waals surface area contributed by atoms with Crippen molar-refractivity contribution in [2.24, 2.45) is 0 Å². The van der Waals surface area contributed by atoms with Crippen LogP contribution in [0.3, 0.4) is 0 Å². The zero-order valence-electron chi connectivity index (χ0n) is 17.9. The SMILES string of the molecule is CC(C)OC(=O)CC(NC(=O)c1ccc(COCC(F)(F)F)cc1)c1ccccc1[N+](=O)[O-]. The summed E-state index contributed by atoms with van der Waals surface area (Å²) in [6.45, 7) is 1.62. The predicted octanol–water partition coefficient (Wildman–Crippen LogP) is 4.49. The van der Waals surface area contributed by atoms with Gasteiger partial charge >= 0.3 is 12.1 Å². The highest BCUT2D eigenvalue weighted by Gasteiger charge is 2.28. The summed E-state index contributed by atoms with van der Waals surface area (Å²) >= 11 is 0. The van der Waals surface area contributed by atoms with Gasteiger partial charge in [0.1, 0.15) is 6.61 Å². The van der Waals surface area contributed by atoms with Crippen LogP contribution >= 0.6 is 0 Å². The third-order valence-electron chi connectivity index (χ3n) is 4.30. The Kier molecular flexibility index (Phi) is 8.92. The molecule has 2 aromatic rings. The molecular weight excluding hydrogens is 445 g/mol. The molecule has 1 amide bonds. The van der Waals surface area contributed by atoms with E-state index in [0.29, 0.717) is 5.56 Å². The van der Waals surface area contributed by atoms with Crippen molar-refractivity contribution < 1.29 is 37.2 Å². The zero-order chi connectivity index (χ0) is 24.6. The number of nitro groups is 1.